The zero-order valence-corrected chi connectivity index (χ0v) is 15.5. The van der Waals surface area contributed by atoms with Crippen molar-refractivity contribution in [1.29, 1.82) is 0 Å². The van der Waals surface area contributed by atoms with Gasteiger partial charge in [0.25, 0.3) is 0 Å². The Morgan fingerprint density at radius 2 is 2.04 bits per heavy atom. The lowest BCUT2D eigenvalue weighted by Gasteiger charge is -2.16. The van der Waals surface area contributed by atoms with E-state index in [0.717, 1.165) is 63.5 Å². The molecule has 1 aliphatic rings. The zero-order valence-electron chi connectivity index (χ0n) is 15.5. The van der Waals surface area contributed by atoms with Crippen LogP contribution in [0, 0.1) is 11.8 Å². The molecule has 0 aromatic heterocycles. The largest absolute Gasteiger partial charge is 0.481 e. The van der Waals surface area contributed by atoms with Crippen molar-refractivity contribution in [2.24, 2.45) is 17.0 Å². The molecule has 0 aromatic carbocycles. The SMILES string of the molecule is CCCCC[C@@H](F)/C=C/[C@H]1CC/C(=N\O)[C@@H]1CCCCCCC(=O)O. The number of nitrogens with zero attached hydrogens (tertiary/aromatic N) is 1. The van der Waals surface area contributed by atoms with Crippen LogP contribution in [0.15, 0.2) is 17.3 Å². The summed E-state index contributed by atoms with van der Waals surface area (Å²) >= 11 is 0. The van der Waals surface area contributed by atoms with Crippen LogP contribution in [0.1, 0.15) is 84.0 Å². The quantitative estimate of drug-likeness (QED) is 0.191. The van der Waals surface area contributed by atoms with Gasteiger partial charge in [-0.1, -0.05) is 62.8 Å². The predicted molar refractivity (Wildman–Crippen MR) is 99.0 cm³/mol. The topological polar surface area (TPSA) is 69.9 Å². The van der Waals surface area contributed by atoms with Crippen LogP contribution >= 0.6 is 0 Å². The molecule has 0 heterocycles. The summed E-state index contributed by atoms with van der Waals surface area (Å²) in [6.07, 6.45) is 13.0. The Labute approximate surface area is 151 Å². The summed E-state index contributed by atoms with van der Waals surface area (Å²) < 4.78 is 13.9. The summed E-state index contributed by atoms with van der Waals surface area (Å²) in [5.41, 5.74) is 0.835. The van der Waals surface area contributed by atoms with Crippen LogP contribution in [0.4, 0.5) is 4.39 Å². The molecule has 0 amide bonds. The highest BCUT2D eigenvalue weighted by molar-refractivity contribution is 5.88. The molecule has 1 saturated carbocycles. The van der Waals surface area contributed by atoms with Gasteiger partial charge >= 0.3 is 5.97 Å². The van der Waals surface area contributed by atoms with E-state index in [2.05, 4.69) is 12.1 Å². The highest BCUT2D eigenvalue weighted by Crippen LogP contribution is 2.35. The summed E-state index contributed by atoms with van der Waals surface area (Å²) in [5, 5.41) is 21.3. The van der Waals surface area contributed by atoms with E-state index < -0.39 is 12.1 Å². The number of carboxylic acid groups (broad SMARTS) is 1. The maximum absolute atomic E-state index is 13.9. The molecular formula is C20H34FNO3. The lowest BCUT2D eigenvalue weighted by molar-refractivity contribution is -0.137. The standard InChI is InChI=1S/C20H34FNO3/c1-2-3-6-9-17(21)14-12-16-13-15-19(22-25)18(16)10-7-4-5-8-11-20(23)24/h12,14,16-18,25H,2-11,13,15H2,1H3,(H,23,24)/b14-12+,22-19+/t16-,17+,18+/m0/s1. The molecule has 0 aromatic rings. The van der Waals surface area contributed by atoms with Gasteiger partial charge in [-0.05, 0) is 38.0 Å². The maximum atomic E-state index is 13.9. The van der Waals surface area contributed by atoms with E-state index >= 15 is 0 Å². The first-order valence-corrected chi connectivity index (χ1v) is 9.83. The van der Waals surface area contributed by atoms with Gasteiger partial charge in [-0.3, -0.25) is 4.79 Å². The first-order valence-electron chi connectivity index (χ1n) is 9.83. The first-order chi connectivity index (χ1) is 12.1. The molecule has 1 rings (SSSR count). The Hall–Kier alpha value is -1.39. The molecule has 0 aliphatic heterocycles. The van der Waals surface area contributed by atoms with Crippen molar-refractivity contribution in [3.8, 4) is 0 Å². The molecule has 3 atom stereocenters. The maximum Gasteiger partial charge on any atom is 0.303 e. The van der Waals surface area contributed by atoms with Gasteiger partial charge < -0.3 is 10.3 Å². The van der Waals surface area contributed by atoms with Crippen LogP contribution in [0.3, 0.4) is 0 Å². The second-order valence-electron chi connectivity index (χ2n) is 7.14. The number of hydrogen-bond acceptors (Lipinski definition) is 3. The fourth-order valence-corrected chi connectivity index (χ4v) is 3.63. The van der Waals surface area contributed by atoms with Crippen LogP contribution in [-0.2, 0) is 4.79 Å². The summed E-state index contributed by atoms with van der Waals surface area (Å²) in [7, 11) is 0. The van der Waals surface area contributed by atoms with Crippen LogP contribution in [0.25, 0.3) is 0 Å². The smallest absolute Gasteiger partial charge is 0.303 e. The Morgan fingerprint density at radius 3 is 2.72 bits per heavy atom. The third-order valence-corrected chi connectivity index (χ3v) is 5.11. The molecule has 0 saturated heterocycles. The number of carbonyl (C=O) groups is 1. The van der Waals surface area contributed by atoms with Crippen LogP contribution in [0.5, 0.6) is 0 Å². The number of aliphatic carboxylic acids is 1. The third-order valence-electron chi connectivity index (χ3n) is 5.11. The first kappa shape index (κ1) is 21.7. The number of carboxylic acids is 1. The molecule has 2 N–H and O–H groups in total. The number of halogens is 1. The molecule has 25 heavy (non-hydrogen) atoms. The molecular weight excluding hydrogens is 321 g/mol. The summed E-state index contributed by atoms with van der Waals surface area (Å²) in [4.78, 5) is 10.5. The van der Waals surface area contributed by atoms with E-state index in [1.54, 1.807) is 6.08 Å². The van der Waals surface area contributed by atoms with Gasteiger partial charge in [0.05, 0.1) is 5.71 Å². The molecule has 4 nitrogen and oxygen atoms in total. The molecule has 5 heteroatoms. The molecule has 0 spiro atoms. The minimum atomic E-state index is -0.877. The molecule has 1 fully saturated rings. The number of hydrogen-bond donors (Lipinski definition) is 2. The van der Waals surface area contributed by atoms with Gasteiger partial charge in [0, 0.05) is 12.3 Å². The monoisotopic (exact) mass is 355 g/mol. The van der Waals surface area contributed by atoms with Crippen LogP contribution in [0.2, 0.25) is 0 Å². The lowest BCUT2D eigenvalue weighted by Crippen LogP contribution is -2.14. The van der Waals surface area contributed by atoms with E-state index in [9.17, 15) is 14.4 Å². The van der Waals surface area contributed by atoms with Gasteiger partial charge in [-0.15, -0.1) is 0 Å². The average molecular weight is 355 g/mol. The Morgan fingerprint density at radius 1 is 1.28 bits per heavy atom. The highest BCUT2D eigenvalue weighted by atomic mass is 19.1. The van der Waals surface area contributed by atoms with Crippen molar-refractivity contribution in [3.05, 3.63) is 12.2 Å². The number of rotatable bonds is 13. The van der Waals surface area contributed by atoms with Gasteiger partial charge in [-0.2, -0.15) is 0 Å². The molecule has 0 radical (unpaired) electrons. The molecule has 0 bridgehead atoms. The fourth-order valence-electron chi connectivity index (χ4n) is 3.63. The Kier molecular flexibility index (Phi) is 11.2. The van der Waals surface area contributed by atoms with Gasteiger partial charge in [0.1, 0.15) is 6.17 Å². The minimum absolute atomic E-state index is 0.198. The predicted octanol–water partition coefficient (Wildman–Crippen LogP) is 5.74. The normalized spacial score (nSPS) is 23.5. The molecule has 144 valence electrons. The lowest BCUT2D eigenvalue weighted by atomic mass is 9.89. The second kappa shape index (κ2) is 12.9. The van der Waals surface area contributed by atoms with E-state index in [1.165, 1.54) is 0 Å². The Balaban J connectivity index is 2.38. The number of oxime groups is 1. The van der Waals surface area contributed by atoms with E-state index in [1.807, 2.05) is 6.08 Å². The summed E-state index contributed by atoms with van der Waals surface area (Å²) in [5.74, 6) is -0.284. The average Bonchev–Trinajstić information content (AvgIpc) is 2.98. The minimum Gasteiger partial charge on any atom is -0.481 e. The van der Waals surface area contributed by atoms with E-state index in [-0.39, 0.29) is 18.3 Å². The van der Waals surface area contributed by atoms with Crippen LogP contribution in [-0.4, -0.2) is 28.2 Å². The van der Waals surface area contributed by atoms with Crippen LogP contribution < -0.4 is 0 Å². The van der Waals surface area contributed by atoms with Crippen molar-refractivity contribution in [3.63, 3.8) is 0 Å². The molecule has 1 aliphatic carbocycles. The zero-order chi connectivity index (χ0) is 18.5. The van der Waals surface area contributed by atoms with Crippen molar-refractivity contribution in [1.82, 2.24) is 0 Å². The van der Waals surface area contributed by atoms with Gasteiger partial charge in [0.2, 0.25) is 0 Å². The number of unbranched alkanes of at least 4 members (excludes halogenated alkanes) is 5. The summed E-state index contributed by atoms with van der Waals surface area (Å²) in [6, 6.07) is 0. The summed E-state index contributed by atoms with van der Waals surface area (Å²) in [6.45, 7) is 2.11. The third kappa shape index (κ3) is 9.03. The molecule has 0 unspecified atom stereocenters. The number of allylic oxidation sites excluding steroid dienone is 2. The highest BCUT2D eigenvalue weighted by Gasteiger charge is 2.31. The van der Waals surface area contributed by atoms with Crippen molar-refractivity contribution in [2.75, 3.05) is 0 Å². The van der Waals surface area contributed by atoms with Gasteiger partial charge in [-0.25, -0.2) is 4.39 Å². The Bertz CT molecular complexity index is 437. The second-order valence-corrected chi connectivity index (χ2v) is 7.14. The van der Waals surface area contributed by atoms with E-state index in [0.29, 0.717) is 12.8 Å². The van der Waals surface area contributed by atoms with Crippen molar-refractivity contribution < 1.29 is 19.5 Å². The van der Waals surface area contributed by atoms with Gasteiger partial charge in [0.15, 0.2) is 0 Å². The fraction of sp³-hybridized carbons (Fsp3) is 0.800. The van der Waals surface area contributed by atoms with Crippen molar-refractivity contribution >= 4 is 11.7 Å². The van der Waals surface area contributed by atoms with Crippen molar-refractivity contribution in [2.45, 2.75) is 90.1 Å². The number of alkyl halides is 1. The van der Waals surface area contributed by atoms with E-state index in [4.69, 9.17) is 5.11 Å².